The van der Waals surface area contributed by atoms with Crippen LogP contribution in [0.3, 0.4) is 0 Å². The Balaban J connectivity index is 2.80. The van der Waals surface area contributed by atoms with Crippen LogP contribution in [0.2, 0.25) is 0 Å². The van der Waals surface area contributed by atoms with E-state index in [-0.39, 0.29) is 5.75 Å². The van der Waals surface area contributed by atoms with Crippen LogP contribution in [0.15, 0.2) is 18.2 Å². The van der Waals surface area contributed by atoms with E-state index in [1.165, 1.54) is 6.07 Å². The van der Waals surface area contributed by atoms with Crippen molar-refractivity contribution in [1.82, 2.24) is 0 Å². The average molecular weight is 255 g/mol. The third kappa shape index (κ3) is 3.67. The summed E-state index contributed by atoms with van der Waals surface area (Å²) in [5.74, 6) is 0.240. The van der Waals surface area contributed by atoms with Crippen molar-refractivity contribution < 1.29 is 14.6 Å². The third-order valence-corrected chi connectivity index (χ3v) is 2.21. The first-order chi connectivity index (χ1) is 8.56. The van der Waals surface area contributed by atoms with E-state index in [0.717, 1.165) is 25.0 Å². The zero-order valence-corrected chi connectivity index (χ0v) is 9.57. The van der Waals surface area contributed by atoms with Gasteiger partial charge in [0.25, 0.3) is 0 Å². The van der Waals surface area contributed by atoms with Gasteiger partial charge in [-0.25, -0.2) is 0 Å². The molecule has 0 spiro atoms. The van der Waals surface area contributed by atoms with Gasteiger partial charge in [-0.1, -0.05) is 0 Å². The molecule has 8 heteroatoms. The smallest absolute Gasteiger partial charge is 0.349 e. The fraction of sp³-hybridized carbons (Fsp3) is 0.400. The summed E-state index contributed by atoms with van der Waals surface area (Å²) in [5.41, 5.74) is 4.19. The molecule has 0 aromatic heterocycles. The van der Waals surface area contributed by atoms with Crippen LogP contribution in [0, 0.1) is 20.2 Å². The van der Waals surface area contributed by atoms with Crippen LogP contribution in [0.5, 0.6) is 5.75 Å². The van der Waals surface area contributed by atoms with Crippen LogP contribution in [-0.4, -0.2) is 23.0 Å². The largest absolute Gasteiger partial charge is 0.493 e. The van der Waals surface area contributed by atoms with Crippen LogP contribution in [0.25, 0.3) is 0 Å². The monoisotopic (exact) mass is 255 g/mol. The highest BCUT2D eigenvalue weighted by molar-refractivity contribution is 5.55. The molecule has 0 amide bonds. The SMILES string of the molecule is NCCCCOc1ccc([N+](=O)[O-])c([N+](=O)[O-])c1. The first-order valence-corrected chi connectivity index (χ1v) is 5.32. The molecule has 0 saturated carbocycles. The normalized spacial score (nSPS) is 10.1. The summed E-state index contributed by atoms with van der Waals surface area (Å²) in [7, 11) is 0. The topological polar surface area (TPSA) is 122 Å². The number of hydrogen-bond donors (Lipinski definition) is 1. The third-order valence-electron chi connectivity index (χ3n) is 2.21. The van der Waals surface area contributed by atoms with E-state index >= 15 is 0 Å². The maximum absolute atomic E-state index is 10.7. The Bertz CT molecular complexity index is 449. The second-order valence-corrected chi connectivity index (χ2v) is 3.51. The molecule has 0 fully saturated rings. The minimum absolute atomic E-state index is 0.240. The average Bonchev–Trinajstić information content (AvgIpc) is 2.34. The van der Waals surface area contributed by atoms with Crippen molar-refractivity contribution in [3.8, 4) is 5.75 Å². The van der Waals surface area contributed by atoms with Crippen molar-refractivity contribution in [2.24, 2.45) is 5.73 Å². The molecule has 0 aliphatic rings. The molecule has 0 unspecified atom stereocenters. The van der Waals surface area contributed by atoms with Gasteiger partial charge in [0.15, 0.2) is 0 Å². The Labute approximate surface area is 103 Å². The number of unbranched alkanes of at least 4 members (excludes halogenated alkanes) is 1. The number of nitrogens with zero attached hydrogens (tertiary/aromatic N) is 2. The molecular formula is C10H13N3O5. The summed E-state index contributed by atoms with van der Waals surface area (Å²) in [6, 6.07) is 3.46. The highest BCUT2D eigenvalue weighted by atomic mass is 16.6. The van der Waals surface area contributed by atoms with Gasteiger partial charge in [0, 0.05) is 6.07 Å². The standard InChI is InChI=1S/C10H13N3O5/c11-5-1-2-6-18-8-3-4-9(12(14)15)10(7-8)13(16)17/h3-4,7H,1-2,5-6,11H2. The Morgan fingerprint density at radius 3 is 2.33 bits per heavy atom. The maximum Gasteiger partial charge on any atom is 0.349 e. The summed E-state index contributed by atoms with van der Waals surface area (Å²) >= 11 is 0. The number of rotatable bonds is 7. The molecule has 0 atom stereocenters. The van der Waals surface area contributed by atoms with Gasteiger partial charge in [0.05, 0.1) is 22.5 Å². The molecule has 8 nitrogen and oxygen atoms in total. The first-order valence-electron chi connectivity index (χ1n) is 5.32. The zero-order chi connectivity index (χ0) is 13.5. The highest BCUT2D eigenvalue weighted by Crippen LogP contribution is 2.30. The quantitative estimate of drug-likeness (QED) is 0.448. The van der Waals surface area contributed by atoms with Gasteiger partial charge in [-0.2, -0.15) is 0 Å². The predicted molar refractivity (Wildman–Crippen MR) is 63.5 cm³/mol. The van der Waals surface area contributed by atoms with Crippen molar-refractivity contribution >= 4 is 11.4 Å². The number of ether oxygens (including phenoxy) is 1. The lowest BCUT2D eigenvalue weighted by molar-refractivity contribution is -0.422. The molecule has 2 N–H and O–H groups in total. The van der Waals surface area contributed by atoms with Crippen molar-refractivity contribution in [2.75, 3.05) is 13.2 Å². The van der Waals surface area contributed by atoms with E-state index < -0.39 is 21.2 Å². The molecule has 1 aromatic rings. The lowest BCUT2D eigenvalue weighted by atomic mass is 10.2. The van der Waals surface area contributed by atoms with E-state index in [1.807, 2.05) is 0 Å². The number of hydrogen-bond acceptors (Lipinski definition) is 6. The number of benzene rings is 1. The van der Waals surface area contributed by atoms with Gasteiger partial charge in [-0.05, 0) is 25.5 Å². The number of nitro groups is 2. The van der Waals surface area contributed by atoms with Crippen molar-refractivity contribution in [3.05, 3.63) is 38.4 Å². The van der Waals surface area contributed by atoms with Crippen molar-refractivity contribution in [3.63, 3.8) is 0 Å². The Hall–Kier alpha value is -2.22. The molecule has 1 rings (SSSR count). The van der Waals surface area contributed by atoms with Crippen LogP contribution < -0.4 is 10.5 Å². The number of nitro benzene ring substituents is 2. The summed E-state index contributed by atoms with van der Waals surface area (Å²) in [6.07, 6.45) is 1.51. The molecule has 0 bridgehead atoms. The molecule has 18 heavy (non-hydrogen) atoms. The lowest BCUT2D eigenvalue weighted by Gasteiger charge is -2.05. The molecular weight excluding hydrogens is 242 g/mol. The second kappa shape index (κ2) is 6.50. The predicted octanol–water partition coefficient (Wildman–Crippen LogP) is 1.62. The molecule has 0 radical (unpaired) electrons. The Morgan fingerprint density at radius 1 is 1.11 bits per heavy atom. The van der Waals surface area contributed by atoms with Gasteiger partial charge in [0.1, 0.15) is 5.75 Å². The summed E-state index contributed by atoms with van der Waals surface area (Å²) in [4.78, 5) is 19.7. The number of nitrogens with two attached hydrogens (primary N) is 1. The molecule has 0 aliphatic carbocycles. The first kappa shape index (κ1) is 13.8. The van der Waals surface area contributed by atoms with Gasteiger partial charge in [-0.15, -0.1) is 0 Å². The van der Waals surface area contributed by atoms with Crippen LogP contribution in [-0.2, 0) is 0 Å². The summed E-state index contributed by atoms with van der Waals surface area (Å²) < 4.78 is 5.25. The minimum Gasteiger partial charge on any atom is -0.493 e. The Morgan fingerprint density at radius 2 is 1.78 bits per heavy atom. The molecule has 98 valence electrons. The second-order valence-electron chi connectivity index (χ2n) is 3.51. The van der Waals surface area contributed by atoms with Crippen LogP contribution >= 0.6 is 0 Å². The molecule has 1 aromatic carbocycles. The van der Waals surface area contributed by atoms with Crippen LogP contribution in [0.4, 0.5) is 11.4 Å². The van der Waals surface area contributed by atoms with Gasteiger partial charge in [-0.3, -0.25) is 20.2 Å². The van der Waals surface area contributed by atoms with Crippen LogP contribution in [0.1, 0.15) is 12.8 Å². The zero-order valence-electron chi connectivity index (χ0n) is 9.57. The van der Waals surface area contributed by atoms with E-state index in [0.29, 0.717) is 13.2 Å². The van der Waals surface area contributed by atoms with Gasteiger partial charge in [0.2, 0.25) is 0 Å². The fourth-order valence-corrected chi connectivity index (χ4v) is 1.33. The minimum atomic E-state index is -0.801. The van der Waals surface area contributed by atoms with Crippen molar-refractivity contribution in [1.29, 1.82) is 0 Å². The lowest BCUT2D eigenvalue weighted by Crippen LogP contribution is -2.04. The van der Waals surface area contributed by atoms with Gasteiger partial charge >= 0.3 is 11.4 Å². The van der Waals surface area contributed by atoms with E-state index in [2.05, 4.69) is 0 Å². The maximum atomic E-state index is 10.7. The fourth-order valence-electron chi connectivity index (χ4n) is 1.33. The van der Waals surface area contributed by atoms with E-state index in [4.69, 9.17) is 10.5 Å². The van der Waals surface area contributed by atoms with E-state index in [9.17, 15) is 20.2 Å². The molecule has 0 heterocycles. The van der Waals surface area contributed by atoms with Gasteiger partial charge < -0.3 is 10.5 Å². The van der Waals surface area contributed by atoms with E-state index in [1.54, 1.807) is 0 Å². The Kier molecular flexibility index (Phi) is 5.00. The molecule has 0 saturated heterocycles. The summed E-state index contributed by atoms with van der Waals surface area (Å²) in [6.45, 7) is 0.913. The molecule has 0 aliphatic heterocycles. The summed E-state index contributed by atoms with van der Waals surface area (Å²) in [5, 5.41) is 21.3. The van der Waals surface area contributed by atoms with Crippen molar-refractivity contribution in [2.45, 2.75) is 12.8 Å². The highest BCUT2D eigenvalue weighted by Gasteiger charge is 2.24.